The van der Waals surface area contributed by atoms with Crippen LogP contribution in [0.5, 0.6) is 5.75 Å². The van der Waals surface area contributed by atoms with E-state index in [1.54, 1.807) is 6.07 Å². The molecule has 3 aromatic heterocycles. The minimum atomic E-state index is 0. The molecule has 6 aromatic rings. The Balaban J connectivity index is 0.00000329. The number of imidazole rings is 1. The molecule has 0 aliphatic heterocycles. The van der Waals surface area contributed by atoms with E-state index >= 15 is 0 Å². The number of aryl methyl sites for hydroxylation is 2. The van der Waals surface area contributed by atoms with Crippen molar-refractivity contribution >= 4 is 10.8 Å². The third kappa shape index (κ3) is 5.00. The van der Waals surface area contributed by atoms with E-state index in [2.05, 4.69) is 87.0 Å². The average Bonchev–Trinajstić information content (AvgIpc) is 3.45. The van der Waals surface area contributed by atoms with Crippen molar-refractivity contribution in [2.24, 2.45) is 0 Å². The van der Waals surface area contributed by atoms with Crippen LogP contribution in [0.25, 0.3) is 50.6 Å². The molecule has 6 heteroatoms. The number of phenols is 1. The first-order valence-electron chi connectivity index (χ1n) is 14.7. The van der Waals surface area contributed by atoms with E-state index in [-0.39, 0.29) is 26.8 Å². The van der Waals surface area contributed by atoms with Crippen molar-refractivity contribution in [2.75, 3.05) is 0 Å². The number of nitrogens with zero attached hydrogens (tertiary/aromatic N) is 4. The summed E-state index contributed by atoms with van der Waals surface area (Å²) in [6, 6.07) is 28.0. The van der Waals surface area contributed by atoms with Crippen LogP contribution in [0.1, 0.15) is 61.8 Å². The molecule has 0 amide bonds. The Morgan fingerprint density at radius 1 is 0.767 bits per heavy atom. The molecule has 0 fully saturated rings. The Kier molecular flexibility index (Phi) is 7.79. The molecule has 218 valence electrons. The van der Waals surface area contributed by atoms with E-state index in [1.165, 1.54) is 11.1 Å². The number of hydrogen-bond acceptors (Lipinski definition) is 4. The van der Waals surface area contributed by atoms with Gasteiger partial charge in [-0.05, 0) is 59.1 Å². The quantitative estimate of drug-likeness (QED) is 0.180. The van der Waals surface area contributed by atoms with Gasteiger partial charge in [-0.1, -0.05) is 70.2 Å². The first-order valence-corrected chi connectivity index (χ1v) is 14.7. The van der Waals surface area contributed by atoms with Crippen molar-refractivity contribution in [1.29, 1.82) is 0 Å². The first kappa shape index (κ1) is 29.0. The molecule has 0 atom stereocenters. The number of benzene rings is 3. The zero-order chi connectivity index (χ0) is 29.0. The predicted molar refractivity (Wildman–Crippen MR) is 169 cm³/mol. The molecule has 0 bridgehead atoms. The van der Waals surface area contributed by atoms with Gasteiger partial charge < -0.3 is 14.7 Å². The number of aromatic nitrogens is 4. The zero-order valence-electron chi connectivity index (χ0n) is 24.7. The molecule has 3 aromatic carbocycles. The topological polar surface area (TPSA) is 63.8 Å². The van der Waals surface area contributed by atoms with Crippen molar-refractivity contribution in [3.63, 3.8) is 0 Å². The number of fused-ring (bicyclic) bond motifs is 4. The summed E-state index contributed by atoms with van der Waals surface area (Å²) in [6.07, 6.45) is 5.74. The van der Waals surface area contributed by atoms with Crippen LogP contribution in [-0.4, -0.2) is 24.6 Å². The number of para-hydroxylation sites is 1. The fourth-order valence-corrected chi connectivity index (χ4v) is 6.24. The van der Waals surface area contributed by atoms with Gasteiger partial charge in [-0.2, -0.15) is 0 Å². The Hall–Kier alpha value is -4.08. The van der Waals surface area contributed by atoms with Gasteiger partial charge in [0.05, 0.1) is 17.1 Å². The van der Waals surface area contributed by atoms with Crippen LogP contribution < -0.4 is 0 Å². The monoisotopic (exact) mass is 744 g/mol. The summed E-state index contributed by atoms with van der Waals surface area (Å²) in [5.41, 5.74) is 9.91. The van der Waals surface area contributed by atoms with Crippen LogP contribution >= 0.6 is 0 Å². The van der Waals surface area contributed by atoms with Crippen LogP contribution in [0.15, 0.2) is 85.2 Å². The largest absolute Gasteiger partial charge is 0.507 e. The number of rotatable bonds is 5. The maximum atomic E-state index is 10.8. The summed E-state index contributed by atoms with van der Waals surface area (Å²) < 4.78 is 2.22. The van der Waals surface area contributed by atoms with Gasteiger partial charge in [0.25, 0.3) is 0 Å². The molecule has 3 heterocycles. The summed E-state index contributed by atoms with van der Waals surface area (Å²) in [6.45, 7) is 8.94. The second kappa shape index (κ2) is 11.5. The van der Waals surface area contributed by atoms with Crippen LogP contribution in [0, 0.1) is 6.07 Å². The van der Waals surface area contributed by atoms with E-state index in [9.17, 15) is 5.11 Å². The molecular formula is C37H33N4OPt-. The Labute approximate surface area is 267 Å². The molecule has 5 nitrogen and oxygen atoms in total. The second-order valence-electron chi connectivity index (χ2n) is 11.7. The van der Waals surface area contributed by atoms with Gasteiger partial charge in [0.2, 0.25) is 0 Å². The van der Waals surface area contributed by atoms with E-state index in [0.29, 0.717) is 11.8 Å². The molecular weight excluding hydrogens is 712 g/mol. The van der Waals surface area contributed by atoms with Gasteiger partial charge in [-0.15, -0.1) is 35.0 Å². The molecule has 0 radical (unpaired) electrons. The maximum absolute atomic E-state index is 10.8. The molecule has 1 aliphatic carbocycles. The van der Waals surface area contributed by atoms with Crippen LogP contribution in [0.2, 0.25) is 0 Å². The summed E-state index contributed by atoms with van der Waals surface area (Å²) in [5.74, 6) is 1.65. The van der Waals surface area contributed by atoms with E-state index in [0.717, 1.165) is 74.6 Å². The van der Waals surface area contributed by atoms with Crippen LogP contribution in [-0.2, 0) is 33.9 Å². The molecule has 1 N–H and O–H groups in total. The zero-order valence-corrected chi connectivity index (χ0v) is 27.0. The Bertz CT molecular complexity index is 1940. The number of aromatic hydroxyl groups is 1. The smallest absolute Gasteiger partial charge is 0.125 e. The third-order valence-corrected chi connectivity index (χ3v) is 8.35. The summed E-state index contributed by atoms with van der Waals surface area (Å²) in [4.78, 5) is 15.3. The minimum Gasteiger partial charge on any atom is -0.507 e. The van der Waals surface area contributed by atoms with E-state index in [1.807, 2.05) is 30.5 Å². The molecule has 0 saturated carbocycles. The van der Waals surface area contributed by atoms with Crippen LogP contribution in [0.4, 0.5) is 0 Å². The SMILES string of the molecule is CC(C)c1cccc(C(C)C)c1-n1cc(-c2ccc3c(n2)-c2c(O)cccc2CC3)nc1-c1nccc2ccc[c-]c12.[Pt]. The second-order valence-corrected chi connectivity index (χ2v) is 11.7. The van der Waals surface area contributed by atoms with Gasteiger partial charge in [0, 0.05) is 44.7 Å². The van der Waals surface area contributed by atoms with Crippen molar-refractivity contribution in [3.05, 3.63) is 114 Å². The van der Waals surface area contributed by atoms with Gasteiger partial charge >= 0.3 is 0 Å². The van der Waals surface area contributed by atoms with Crippen molar-refractivity contribution < 1.29 is 26.2 Å². The van der Waals surface area contributed by atoms with Crippen molar-refractivity contribution in [1.82, 2.24) is 19.5 Å². The molecule has 43 heavy (non-hydrogen) atoms. The standard InChI is InChI=1S/C37H33N4O.Pt/c1-22(2)27-12-8-13-28(23(3)4)36(27)41-21-31(40-37(41)35-29-11-6-5-9-24(29)19-20-38-35)30-18-17-26-16-15-25-10-7-14-32(42)33(25)34(26)39-30;/h5-10,12-14,17-23,42H,15-16H2,1-4H3;/q-1;. The summed E-state index contributed by atoms with van der Waals surface area (Å²) in [5, 5.41) is 12.8. The normalized spacial score (nSPS) is 12.3. The summed E-state index contributed by atoms with van der Waals surface area (Å²) in [7, 11) is 0. The van der Waals surface area contributed by atoms with Gasteiger partial charge in [-0.3, -0.25) is 0 Å². The van der Waals surface area contributed by atoms with E-state index < -0.39 is 0 Å². The van der Waals surface area contributed by atoms with Gasteiger partial charge in [-0.25, -0.2) is 9.97 Å². The molecule has 7 rings (SSSR count). The Morgan fingerprint density at radius 3 is 2.28 bits per heavy atom. The van der Waals surface area contributed by atoms with Crippen molar-refractivity contribution in [3.8, 4) is 45.6 Å². The number of hydrogen-bond donors (Lipinski definition) is 1. The molecule has 0 saturated heterocycles. The van der Waals surface area contributed by atoms with Crippen LogP contribution in [0.3, 0.4) is 0 Å². The number of phenolic OH excluding ortho intramolecular Hbond substituents is 1. The molecule has 1 aliphatic rings. The third-order valence-electron chi connectivity index (χ3n) is 8.35. The van der Waals surface area contributed by atoms with E-state index in [4.69, 9.17) is 15.0 Å². The summed E-state index contributed by atoms with van der Waals surface area (Å²) >= 11 is 0. The molecule has 0 spiro atoms. The predicted octanol–water partition coefficient (Wildman–Crippen LogP) is 8.67. The fourth-order valence-electron chi connectivity index (χ4n) is 6.24. The van der Waals surface area contributed by atoms with Gasteiger partial charge in [0.15, 0.2) is 0 Å². The fraction of sp³-hybridized carbons (Fsp3) is 0.216. The molecule has 0 unspecified atom stereocenters. The maximum Gasteiger partial charge on any atom is 0.125 e. The van der Waals surface area contributed by atoms with Gasteiger partial charge in [0.1, 0.15) is 17.3 Å². The first-order chi connectivity index (χ1) is 20.4. The average molecular weight is 745 g/mol. The minimum absolute atomic E-state index is 0. The number of pyridine rings is 2. The van der Waals surface area contributed by atoms with Crippen molar-refractivity contribution in [2.45, 2.75) is 52.4 Å². The Morgan fingerprint density at radius 2 is 1.51 bits per heavy atom.